The van der Waals surface area contributed by atoms with Crippen LogP contribution in [0.5, 0.6) is 0 Å². The molecule has 18 heavy (non-hydrogen) atoms. The van der Waals surface area contributed by atoms with E-state index in [4.69, 9.17) is 5.73 Å². The van der Waals surface area contributed by atoms with Crippen LogP contribution in [0.3, 0.4) is 0 Å². The normalized spacial score (nSPS) is 20.3. The minimum atomic E-state index is -3.41. The molecule has 0 amide bonds. The average molecular weight is 269 g/mol. The first-order valence-electron chi connectivity index (χ1n) is 6.06. The second kappa shape index (κ2) is 5.26. The number of rotatable bonds is 4. The van der Waals surface area contributed by atoms with Crippen molar-refractivity contribution in [2.24, 2.45) is 11.7 Å². The van der Waals surface area contributed by atoms with Gasteiger partial charge < -0.3 is 10.6 Å². The van der Waals surface area contributed by atoms with Crippen LogP contribution < -0.4 is 15.4 Å². The first-order valence-corrected chi connectivity index (χ1v) is 7.54. The second-order valence-electron chi connectivity index (χ2n) is 4.51. The lowest BCUT2D eigenvalue weighted by atomic mass is 10.1. The molecular weight excluding hydrogens is 250 g/mol. The second-order valence-corrected chi connectivity index (χ2v) is 6.37. The van der Waals surface area contributed by atoms with Crippen LogP contribution in [0.4, 0.5) is 5.69 Å². The van der Waals surface area contributed by atoms with Gasteiger partial charge in [0.25, 0.3) is 0 Å². The van der Waals surface area contributed by atoms with E-state index in [1.54, 1.807) is 12.1 Å². The Morgan fingerprint density at radius 3 is 2.78 bits per heavy atom. The summed E-state index contributed by atoms with van der Waals surface area (Å²) < 4.78 is 26.3. The molecule has 0 radical (unpaired) electrons. The Kier molecular flexibility index (Phi) is 3.89. The van der Waals surface area contributed by atoms with E-state index in [0.29, 0.717) is 17.4 Å². The fourth-order valence-corrected chi connectivity index (χ4v) is 3.25. The smallest absolute Gasteiger partial charge is 0.242 e. The van der Waals surface area contributed by atoms with Crippen molar-refractivity contribution in [3.63, 3.8) is 0 Å². The summed E-state index contributed by atoms with van der Waals surface area (Å²) in [6.07, 6.45) is 1.02. The molecule has 1 unspecified atom stereocenters. The summed E-state index contributed by atoms with van der Waals surface area (Å²) in [5.74, 6) is 0.454. The summed E-state index contributed by atoms with van der Waals surface area (Å²) in [5, 5.41) is 0. The Balaban J connectivity index is 2.35. The SMILES string of the molecule is CNS(=O)(=O)c1ccccc1N1CCC(CN)C1. The highest BCUT2D eigenvalue weighted by Gasteiger charge is 2.26. The van der Waals surface area contributed by atoms with Gasteiger partial charge in [-0.15, -0.1) is 0 Å². The zero-order valence-corrected chi connectivity index (χ0v) is 11.3. The van der Waals surface area contributed by atoms with Gasteiger partial charge in [0.05, 0.1) is 5.69 Å². The van der Waals surface area contributed by atoms with Crippen LogP contribution in [0.25, 0.3) is 0 Å². The summed E-state index contributed by atoms with van der Waals surface area (Å²) >= 11 is 0. The molecule has 0 bridgehead atoms. The predicted octanol–water partition coefficient (Wildman–Crippen LogP) is 0.380. The molecule has 1 saturated heterocycles. The van der Waals surface area contributed by atoms with E-state index in [0.717, 1.165) is 25.2 Å². The average Bonchev–Trinajstić information content (AvgIpc) is 2.87. The van der Waals surface area contributed by atoms with E-state index in [9.17, 15) is 8.42 Å². The van der Waals surface area contributed by atoms with Gasteiger partial charge in [-0.1, -0.05) is 12.1 Å². The van der Waals surface area contributed by atoms with Crippen LogP contribution in [0, 0.1) is 5.92 Å². The number of nitrogens with two attached hydrogens (primary N) is 1. The molecule has 1 aliphatic rings. The third kappa shape index (κ3) is 2.50. The summed E-state index contributed by atoms with van der Waals surface area (Å²) in [6.45, 7) is 2.34. The number of benzene rings is 1. The van der Waals surface area contributed by atoms with Crippen molar-refractivity contribution >= 4 is 15.7 Å². The monoisotopic (exact) mass is 269 g/mol. The number of hydrogen-bond donors (Lipinski definition) is 2. The largest absolute Gasteiger partial charge is 0.370 e. The molecule has 0 aromatic heterocycles. The molecule has 5 nitrogen and oxygen atoms in total. The van der Waals surface area contributed by atoms with E-state index >= 15 is 0 Å². The van der Waals surface area contributed by atoms with Crippen molar-refractivity contribution in [3.8, 4) is 0 Å². The Hall–Kier alpha value is -1.11. The molecule has 0 saturated carbocycles. The summed E-state index contributed by atoms with van der Waals surface area (Å²) in [5.41, 5.74) is 6.43. The lowest BCUT2D eigenvalue weighted by molar-refractivity contribution is 0.587. The maximum Gasteiger partial charge on any atom is 0.242 e. The molecule has 2 rings (SSSR count). The molecular formula is C12H19N3O2S. The maximum atomic E-state index is 12.0. The Morgan fingerprint density at radius 2 is 2.17 bits per heavy atom. The molecule has 1 aromatic rings. The Labute approximate surface area is 108 Å². The molecule has 3 N–H and O–H groups in total. The van der Waals surface area contributed by atoms with Gasteiger partial charge in [-0.3, -0.25) is 0 Å². The van der Waals surface area contributed by atoms with Crippen LogP contribution in [-0.2, 0) is 10.0 Å². The Morgan fingerprint density at radius 1 is 1.44 bits per heavy atom. The van der Waals surface area contributed by atoms with Crippen molar-refractivity contribution in [2.45, 2.75) is 11.3 Å². The molecule has 6 heteroatoms. The quantitative estimate of drug-likeness (QED) is 0.828. The molecule has 1 aliphatic heterocycles. The van der Waals surface area contributed by atoms with Gasteiger partial charge in [-0.25, -0.2) is 13.1 Å². The van der Waals surface area contributed by atoms with Crippen LogP contribution in [0.1, 0.15) is 6.42 Å². The van der Waals surface area contributed by atoms with Gasteiger partial charge in [0, 0.05) is 13.1 Å². The van der Waals surface area contributed by atoms with E-state index in [1.807, 2.05) is 12.1 Å². The van der Waals surface area contributed by atoms with E-state index in [1.165, 1.54) is 7.05 Å². The third-order valence-electron chi connectivity index (χ3n) is 3.38. The van der Waals surface area contributed by atoms with Crippen LogP contribution in [0.15, 0.2) is 29.2 Å². The zero-order chi connectivity index (χ0) is 13.2. The molecule has 1 heterocycles. The Bertz CT molecular complexity index is 516. The zero-order valence-electron chi connectivity index (χ0n) is 10.5. The van der Waals surface area contributed by atoms with Crippen molar-refractivity contribution in [1.82, 2.24) is 4.72 Å². The number of nitrogens with zero attached hydrogens (tertiary/aromatic N) is 1. The number of hydrogen-bond acceptors (Lipinski definition) is 4. The van der Waals surface area contributed by atoms with Gasteiger partial charge >= 0.3 is 0 Å². The molecule has 1 atom stereocenters. The highest BCUT2D eigenvalue weighted by atomic mass is 32.2. The molecule has 1 aromatic carbocycles. The van der Waals surface area contributed by atoms with Crippen molar-refractivity contribution in [3.05, 3.63) is 24.3 Å². The first-order chi connectivity index (χ1) is 8.58. The van der Waals surface area contributed by atoms with Crippen LogP contribution in [0.2, 0.25) is 0 Å². The highest BCUT2D eigenvalue weighted by molar-refractivity contribution is 7.89. The number of anilines is 1. The standard InChI is InChI=1S/C12H19N3O2S/c1-14-18(16,17)12-5-3-2-4-11(12)15-7-6-10(8-13)9-15/h2-5,10,14H,6-9,13H2,1H3. The lowest BCUT2D eigenvalue weighted by Crippen LogP contribution is -2.26. The molecule has 0 spiro atoms. The fourth-order valence-electron chi connectivity index (χ4n) is 2.30. The summed E-state index contributed by atoms with van der Waals surface area (Å²) in [7, 11) is -1.98. The molecule has 1 fully saturated rings. The van der Waals surface area contributed by atoms with E-state index in [-0.39, 0.29) is 0 Å². The lowest BCUT2D eigenvalue weighted by Gasteiger charge is -2.21. The number of sulfonamides is 1. The van der Waals surface area contributed by atoms with Crippen LogP contribution in [-0.4, -0.2) is 35.1 Å². The van der Waals surface area contributed by atoms with Gasteiger partial charge in [-0.2, -0.15) is 0 Å². The molecule has 100 valence electrons. The summed E-state index contributed by atoms with van der Waals surface area (Å²) in [4.78, 5) is 2.44. The highest BCUT2D eigenvalue weighted by Crippen LogP contribution is 2.29. The maximum absolute atomic E-state index is 12.0. The van der Waals surface area contributed by atoms with Gasteiger partial charge in [-0.05, 0) is 38.1 Å². The van der Waals surface area contributed by atoms with Gasteiger partial charge in [0.2, 0.25) is 10.0 Å². The van der Waals surface area contributed by atoms with Crippen molar-refractivity contribution in [1.29, 1.82) is 0 Å². The van der Waals surface area contributed by atoms with Crippen molar-refractivity contribution in [2.75, 3.05) is 31.6 Å². The third-order valence-corrected chi connectivity index (χ3v) is 4.85. The first kappa shape index (κ1) is 13.3. The fraction of sp³-hybridized carbons (Fsp3) is 0.500. The van der Waals surface area contributed by atoms with Gasteiger partial charge in [0.1, 0.15) is 4.90 Å². The minimum Gasteiger partial charge on any atom is -0.370 e. The number of para-hydroxylation sites is 1. The topological polar surface area (TPSA) is 75.4 Å². The van der Waals surface area contributed by atoms with E-state index < -0.39 is 10.0 Å². The summed E-state index contributed by atoms with van der Waals surface area (Å²) in [6, 6.07) is 7.09. The van der Waals surface area contributed by atoms with E-state index in [2.05, 4.69) is 9.62 Å². The van der Waals surface area contributed by atoms with Crippen LogP contribution >= 0.6 is 0 Å². The van der Waals surface area contributed by atoms with Crippen molar-refractivity contribution < 1.29 is 8.42 Å². The number of nitrogens with one attached hydrogen (secondary N) is 1. The molecule has 0 aliphatic carbocycles. The van der Waals surface area contributed by atoms with Gasteiger partial charge in [0.15, 0.2) is 0 Å². The predicted molar refractivity (Wildman–Crippen MR) is 72.1 cm³/mol. The minimum absolute atomic E-state index is 0.338.